The first-order valence-electron chi connectivity index (χ1n) is 9.67. The van der Waals surface area contributed by atoms with Crippen molar-refractivity contribution in [1.29, 1.82) is 0 Å². The van der Waals surface area contributed by atoms with Crippen molar-refractivity contribution in [3.05, 3.63) is 47.2 Å². The van der Waals surface area contributed by atoms with E-state index in [1.54, 1.807) is 18.2 Å². The number of nitrogens with zero attached hydrogens (tertiary/aromatic N) is 2. The second-order valence-corrected chi connectivity index (χ2v) is 8.25. The van der Waals surface area contributed by atoms with E-state index in [1.807, 2.05) is 12.3 Å². The Labute approximate surface area is 181 Å². The van der Waals surface area contributed by atoms with Crippen LogP contribution in [-0.2, 0) is 6.18 Å². The van der Waals surface area contributed by atoms with Crippen LogP contribution in [0.1, 0.15) is 40.9 Å². The Bertz CT molecular complexity index is 965. The number of alkyl halides is 5. The summed E-state index contributed by atoms with van der Waals surface area (Å²) >= 11 is 1.45. The standard InChI is InChI=1S/C21H22F5N3OS/c1-13-17(21(24,25)26)12-16(19(30)28-14-5-3-6-15(11-14)31-2)18(27-13)29-9-4-7-20(22,23)8-10-29/h3,5-6,11-12H,4,7-10H2,1-2H3,(H,28,30). The molecule has 168 valence electrons. The van der Waals surface area contributed by atoms with Crippen LogP contribution in [0.2, 0.25) is 0 Å². The summed E-state index contributed by atoms with van der Waals surface area (Å²) in [4.78, 5) is 19.4. The number of amides is 1. The molecule has 31 heavy (non-hydrogen) atoms. The third-order valence-corrected chi connectivity index (χ3v) is 5.81. The van der Waals surface area contributed by atoms with E-state index in [9.17, 15) is 26.7 Å². The molecule has 1 N–H and O–H groups in total. The van der Waals surface area contributed by atoms with Gasteiger partial charge >= 0.3 is 6.18 Å². The number of aromatic nitrogens is 1. The second kappa shape index (κ2) is 9.02. The number of anilines is 2. The Hall–Kier alpha value is -2.36. The monoisotopic (exact) mass is 459 g/mol. The Kier molecular flexibility index (Phi) is 6.78. The number of rotatable bonds is 4. The van der Waals surface area contributed by atoms with Gasteiger partial charge in [-0.05, 0) is 43.9 Å². The van der Waals surface area contributed by atoms with Gasteiger partial charge in [-0.2, -0.15) is 13.2 Å². The summed E-state index contributed by atoms with van der Waals surface area (Å²) in [5, 5.41) is 2.61. The molecule has 0 aliphatic carbocycles. The molecule has 4 nitrogen and oxygen atoms in total. The van der Waals surface area contributed by atoms with E-state index in [0.717, 1.165) is 11.0 Å². The molecule has 10 heteroatoms. The average molecular weight is 459 g/mol. The second-order valence-electron chi connectivity index (χ2n) is 7.37. The lowest BCUT2D eigenvalue weighted by Crippen LogP contribution is -2.30. The van der Waals surface area contributed by atoms with Gasteiger partial charge in [-0.25, -0.2) is 13.8 Å². The number of hydrogen-bond acceptors (Lipinski definition) is 4. The molecular formula is C21H22F5N3OS. The fourth-order valence-corrected chi connectivity index (χ4v) is 3.92. The molecule has 1 aliphatic rings. The molecule has 1 aromatic carbocycles. The zero-order valence-corrected chi connectivity index (χ0v) is 17.8. The van der Waals surface area contributed by atoms with Gasteiger partial charge in [0.05, 0.1) is 16.8 Å². The third kappa shape index (κ3) is 5.66. The SMILES string of the molecule is CSc1cccc(NC(=O)c2cc(C(F)(F)F)c(C)nc2N2CCCC(F)(F)CC2)c1. The van der Waals surface area contributed by atoms with Crippen LogP contribution in [0.15, 0.2) is 35.2 Å². The molecule has 2 aromatic rings. The largest absolute Gasteiger partial charge is 0.418 e. The molecule has 1 amide bonds. The van der Waals surface area contributed by atoms with Crippen LogP contribution >= 0.6 is 11.8 Å². The van der Waals surface area contributed by atoms with E-state index in [2.05, 4.69) is 10.3 Å². The molecule has 3 rings (SSSR count). The van der Waals surface area contributed by atoms with Crippen LogP contribution in [0.3, 0.4) is 0 Å². The van der Waals surface area contributed by atoms with Crippen LogP contribution in [-0.4, -0.2) is 36.2 Å². The average Bonchev–Trinajstić information content (AvgIpc) is 2.87. The molecule has 0 atom stereocenters. The molecule has 0 unspecified atom stereocenters. The predicted octanol–water partition coefficient (Wildman–Crippen LogP) is 6.01. The minimum atomic E-state index is -4.70. The summed E-state index contributed by atoms with van der Waals surface area (Å²) in [7, 11) is 0. The quantitative estimate of drug-likeness (QED) is 0.449. The van der Waals surface area contributed by atoms with E-state index in [1.165, 1.54) is 23.6 Å². The summed E-state index contributed by atoms with van der Waals surface area (Å²) in [5.74, 6) is -3.64. The molecule has 2 heterocycles. The molecular weight excluding hydrogens is 437 g/mol. The molecule has 1 aliphatic heterocycles. The Morgan fingerprint density at radius 1 is 1.19 bits per heavy atom. The maximum Gasteiger partial charge on any atom is 0.418 e. The van der Waals surface area contributed by atoms with Gasteiger partial charge in [0.1, 0.15) is 5.82 Å². The van der Waals surface area contributed by atoms with Crippen molar-refractivity contribution in [2.45, 2.75) is 43.2 Å². The summed E-state index contributed by atoms with van der Waals surface area (Å²) < 4.78 is 68.0. The van der Waals surface area contributed by atoms with Gasteiger partial charge in [0.15, 0.2) is 0 Å². The Balaban J connectivity index is 2.01. The number of nitrogens with one attached hydrogen (secondary N) is 1. The maximum absolute atomic E-state index is 13.8. The summed E-state index contributed by atoms with van der Waals surface area (Å²) in [5.41, 5.74) is -1.21. The zero-order chi connectivity index (χ0) is 22.8. The van der Waals surface area contributed by atoms with E-state index >= 15 is 0 Å². The molecule has 1 saturated heterocycles. The van der Waals surface area contributed by atoms with Gasteiger partial charge in [-0.15, -0.1) is 11.8 Å². The predicted molar refractivity (Wildman–Crippen MR) is 111 cm³/mol. The normalized spacial score (nSPS) is 16.7. The lowest BCUT2D eigenvalue weighted by Gasteiger charge is -2.25. The van der Waals surface area contributed by atoms with E-state index in [4.69, 9.17) is 0 Å². The summed E-state index contributed by atoms with van der Waals surface area (Å²) in [6.07, 6.45) is -3.47. The number of benzene rings is 1. The molecule has 0 radical (unpaired) electrons. The third-order valence-electron chi connectivity index (χ3n) is 5.09. The fourth-order valence-electron chi connectivity index (χ4n) is 3.46. The van der Waals surface area contributed by atoms with Crippen molar-refractivity contribution in [2.75, 3.05) is 29.6 Å². The summed E-state index contributed by atoms with van der Waals surface area (Å²) in [6.45, 7) is 1.27. The minimum absolute atomic E-state index is 0.0123. The first kappa shape index (κ1) is 23.3. The maximum atomic E-state index is 13.8. The number of halogens is 5. The highest BCUT2D eigenvalue weighted by Crippen LogP contribution is 2.36. The van der Waals surface area contributed by atoms with Crippen molar-refractivity contribution in [3.63, 3.8) is 0 Å². The van der Waals surface area contributed by atoms with Crippen LogP contribution in [0.5, 0.6) is 0 Å². The number of hydrogen-bond donors (Lipinski definition) is 1. The van der Waals surface area contributed by atoms with Crippen LogP contribution in [0.25, 0.3) is 0 Å². The van der Waals surface area contributed by atoms with Crippen molar-refractivity contribution in [1.82, 2.24) is 4.98 Å². The van der Waals surface area contributed by atoms with Gasteiger partial charge in [0.2, 0.25) is 5.92 Å². The highest BCUT2D eigenvalue weighted by Gasteiger charge is 2.37. The molecule has 1 aromatic heterocycles. The Morgan fingerprint density at radius 3 is 2.61 bits per heavy atom. The van der Waals surface area contributed by atoms with Crippen LogP contribution < -0.4 is 10.2 Å². The fraction of sp³-hybridized carbons (Fsp3) is 0.429. The minimum Gasteiger partial charge on any atom is -0.356 e. The molecule has 0 saturated carbocycles. The number of pyridine rings is 1. The molecule has 1 fully saturated rings. The number of thioether (sulfide) groups is 1. The molecule has 0 spiro atoms. The first-order valence-corrected chi connectivity index (χ1v) is 10.9. The number of aryl methyl sites for hydroxylation is 1. The van der Waals surface area contributed by atoms with Crippen LogP contribution in [0.4, 0.5) is 33.5 Å². The van der Waals surface area contributed by atoms with Crippen molar-refractivity contribution >= 4 is 29.2 Å². The zero-order valence-electron chi connectivity index (χ0n) is 17.0. The smallest absolute Gasteiger partial charge is 0.356 e. The lowest BCUT2D eigenvalue weighted by molar-refractivity contribution is -0.138. The van der Waals surface area contributed by atoms with Gasteiger partial charge in [0.25, 0.3) is 5.91 Å². The number of carbonyl (C=O) groups excluding carboxylic acids is 1. The van der Waals surface area contributed by atoms with E-state index in [-0.39, 0.29) is 43.0 Å². The Morgan fingerprint density at radius 2 is 1.94 bits per heavy atom. The van der Waals surface area contributed by atoms with Crippen molar-refractivity contribution in [2.24, 2.45) is 0 Å². The van der Waals surface area contributed by atoms with Crippen LogP contribution in [0, 0.1) is 6.92 Å². The first-order chi connectivity index (χ1) is 14.5. The van der Waals surface area contributed by atoms with Crippen molar-refractivity contribution < 1.29 is 26.7 Å². The lowest BCUT2D eigenvalue weighted by atomic mass is 10.1. The van der Waals surface area contributed by atoms with Gasteiger partial charge in [-0.1, -0.05) is 6.07 Å². The van der Waals surface area contributed by atoms with E-state index < -0.39 is 30.0 Å². The van der Waals surface area contributed by atoms with Gasteiger partial charge < -0.3 is 10.2 Å². The van der Waals surface area contributed by atoms with Crippen molar-refractivity contribution in [3.8, 4) is 0 Å². The highest BCUT2D eigenvalue weighted by atomic mass is 32.2. The topological polar surface area (TPSA) is 45.2 Å². The molecule has 0 bridgehead atoms. The van der Waals surface area contributed by atoms with Gasteiger partial charge in [-0.3, -0.25) is 4.79 Å². The highest BCUT2D eigenvalue weighted by molar-refractivity contribution is 7.98. The number of carbonyl (C=O) groups is 1. The summed E-state index contributed by atoms with van der Waals surface area (Å²) in [6, 6.07) is 7.62. The van der Waals surface area contributed by atoms with Gasteiger partial charge in [0, 0.05) is 36.5 Å². The van der Waals surface area contributed by atoms with E-state index in [0.29, 0.717) is 5.69 Å².